The fourth-order valence-electron chi connectivity index (χ4n) is 0.936. The lowest BCUT2D eigenvalue weighted by Crippen LogP contribution is -1.92. The second kappa shape index (κ2) is 4.47. The standard InChI is InChI=1S/C9H10O3.HO/c1-6(10)8-4-3-7(12-2)5-9(8)11;/h3-5,11H,1-2H3;1H. The van der Waals surface area contributed by atoms with Crippen LogP contribution in [0.1, 0.15) is 17.3 Å². The van der Waals surface area contributed by atoms with Crippen LogP contribution in [0.3, 0.4) is 0 Å². The quantitative estimate of drug-likeness (QED) is 0.681. The summed E-state index contributed by atoms with van der Waals surface area (Å²) in [6.07, 6.45) is 0. The molecule has 0 saturated carbocycles. The molecule has 1 aromatic carbocycles. The summed E-state index contributed by atoms with van der Waals surface area (Å²) in [5.41, 5.74) is 0.316. The number of rotatable bonds is 2. The number of carbonyl (C=O) groups is 1. The lowest BCUT2D eigenvalue weighted by atomic mass is 10.1. The van der Waals surface area contributed by atoms with Crippen molar-refractivity contribution < 1.29 is 20.1 Å². The SMILES string of the molecule is COc1ccc(C(C)=O)c(O)c1.[OH]. The third kappa shape index (κ3) is 2.45. The summed E-state index contributed by atoms with van der Waals surface area (Å²) in [4.78, 5) is 10.9. The van der Waals surface area contributed by atoms with Crippen LogP contribution >= 0.6 is 0 Å². The van der Waals surface area contributed by atoms with Gasteiger partial charge in [0.2, 0.25) is 0 Å². The zero-order valence-electron chi connectivity index (χ0n) is 7.44. The summed E-state index contributed by atoms with van der Waals surface area (Å²) >= 11 is 0. The second-order valence-corrected chi connectivity index (χ2v) is 2.44. The molecule has 0 saturated heterocycles. The van der Waals surface area contributed by atoms with Crippen molar-refractivity contribution in [2.75, 3.05) is 7.11 Å². The lowest BCUT2D eigenvalue weighted by Gasteiger charge is -2.02. The van der Waals surface area contributed by atoms with Crippen LogP contribution in [0.25, 0.3) is 0 Å². The normalized spacial score (nSPS) is 8.77. The Hall–Kier alpha value is -1.55. The summed E-state index contributed by atoms with van der Waals surface area (Å²) in [6, 6.07) is 4.59. The molecule has 71 valence electrons. The topological polar surface area (TPSA) is 76.5 Å². The monoisotopic (exact) mass is 183 g/mol. The number of hydrogen-bond acceptors (Lipinski definition) is 3. The number of benzene rings is 1. The number of phenols is 1. The van der Waals surface area contributed by atoms with E-state index in [2.05, 4.69) is 0 Å². The van der Waals surface area contributed by atoms with Crippen LogP contribution in [-0.2, 0) is 0 Å². The molecule has 1 radical (unpaired) electrons. The van der Waals surface area contributed by atoms with Crippen molar-refractivity contribution >= 4 is 5.78 Å². The molecule has 1 rings (SSSR count). The number of aromatic hydroxyl groups is 1. The van der Waals surface area contributed by atoms with E-state index < -0.39 is 0 Å². The Morgan fingerprint density at radius 3 is 2.46 bits per heavy atom. The molecule has 0 atom stereocenters. The molecule has 0 aliphatic carbocycles. The van der Waals surface area contributed by atoms with Gasteiger partial charge in [-0.25, -0.2) is 0 Å². The first-order chi connectivity index (χ1) is 5.65. The minimum Gasteiger partial charge on any atom is -0.507 e. The zero-order chi connectivity index (χ0) is 9.14. The van der Waals surface area contributed by atoms with Gasteiger partial charge in [0.05, 0.1) is 12.7 Å². The Morgan fingerprint density at radius 2 is 2.08 bits per heavy atom. The van der Waals surface area contributed by atoms with E-state index in [1.54, 1.807) is 6.07 Å². The van der Waals surface area contributed by atoms with E-state index in [1.165, 1.54) is 26.2 Å². The Balaban J connectivity index is 0.00000144. The molecule has 0 heterocycles. The van der Waals surface area contributed by atoms with Gasteiger partial charge in [0, 0.05) is 6.07 Å². The largest absolute Gasteiger partial charge is 0.507 e. The molecule has 2 N–H and O–H groups in total. The number of ketones is 1. The molecule has 4 nitrogen and oxygen atoms in total. The van der Waals surface area contributed by atoms with E-state index in [1.807, 2.05) is 0 Å². The molecule has 1 aromatic rings. The zero-order valence-corrected chi connectivity index (χ0v) is 7.44. The van der Waals surface area contributed by atoms with Gasteiger partial charge in [0.25, 0.3) is 0 Å². The molecule has 0 amide bonds. The predicted octanol–water partition coefficient (Wildman–Crippen LogP) is 1.43. The maximum Gasteiger partial charge on any atom is 0.163 e. The van der Waals surface area contributed by atoms with E-state index in [0.717, 1.165) is 0 Å². The molecular formula is C9H11O4. The summed E-state index contributed by atoms with van der Waals surface area (Å²) in [7, 11) is 1.50. The molecule has 0 spiro atoms. The van der Waals surface area contributed by atoms with Crippen LogP contribution < -0.4 is 4.74 Å². The maximum atomic E-state index is 10.9. The van der Waals surface area contributed by atoms with Crippen molar-refractivity contribution in [2.24, 2.45) is 0 Å². The van der Waals surface area contributed by atoms with Gasteiger partial charge in [-0.05, 0) is 19.1 Å². The molecule has 0 aliphatic heterocycles. The molecule has 0 aliphatic rings. The van der Waals surface area contributed by atoms with E-state index in [-0.39, 0.29) is 17.0 Å². The summed E-state index contributed by atoms with van der Waals surface area (Å²) < 4.78 is 4.86. The van der Waals surface area contributed by atoms with E-state index in [0.29, 0.717) is 11.3 Å². The van der Waals surface area contributed by atoms with Gasteiger partial charge in [-0.3, -0.25) is 10.3 Å². The summed E-state index contributed by atoms with van der Waals surface area (Å²) in [6.45, 7) is 1.40. The van der Waals surface area contributed by atoms with Gasteiger partial charge in [-0.1, -0.05) is 0 Å². The molecule has 13 heavy (non-hydrogen) atoms. The van der Waals surface area contributed by atoms with Crippen molar-refractivity contribution in [1.82, 2.24) is 0 Å². The molecule has 0 unspecified atom stereocenters. The van der Waals surface area contributed by atoms with Gasteiger partial charge in [-0.15, -0.1) is 0 Å². The maximum absolute atomic E-state index is 10.9. The first-order valence-corrected chi connectivity index (χ1v) is 3.53. The summed E-state index contributed by atoms with van der Waals surface area (Å²) in [5, 5.41) is 9.29. The summed E-state index contributed by atoms with van der Waals surface area (Å²) in [5.74, 6) is 0.342. The van der Waals surface area contributed by atoms with Crippen molar-refractivity contribution in [2.45, 2.75) is 6.92 Å². The molecule has 0 aromatic heterocycles. The molecule has 4 heteroatoms. The van der Waals surface area contributed by atoms with Gasteiger partial charge in [-0.2, -0.15) is 0 Å². The minimum absolute atomic E-state index is 0. The van der Waals surface area contributed by atoms with Crippen LogP contribution in [0, 0.1) is 0 Å². The third-order valence-corrected chi connectivity index (χ3v) is 1.58. The van der Waals surface area contributed by atoms with Crippen molar-refractivity contribution in [3.05, 3.63) is 23.8 Å². The number of hydrogen-bond donors (Lipinski definition) is 2. The first-order valence-electron chi connectivity index (χ1n) is 3.53. The van der Waals surface area contributed by atoms with Gasteiger partial charge >= 0.3 is 0 Å². The highest BCUT2D eigenvalue weighted by Gasteiger charge is 2.06. The van der Waals surface area contributed by atoms with Crippen LogP contribution in [0.5, 0.6) is 11.5 Å². The molecule has 0 fully saturated rings. The number of phenolic OH excluding ortho intramolecular Hbond substituents is 1. The van der Waals surface area contributed by atoms with Crippen LogP contribution in [0.15, 0.2) is 18.2 Å². The number of Topliss-reactive ketones (excluding diaryl/α,β-unsaturated/α-hetero) is 1. The van der Waals surface area contributed by atoms with E-state index in [9.17, 15) is 9.90 Å². The van der Waals surface area contributed by atoms with Crippen LogP contribution in [0.4, 0.5) is 0 Å². The first kappa shape index (κ1) is 11.4. The highest BCUT2D eigenvalue weighted by Crippen LogP contribution is 2.23. The Morgan fingerprint density at radius 1 is 1.46 bits per heavy atom. The predicted molar refractivity (Wildman–Crippen MR) is 46.6 cm³/mol. The second-order valence-electron chi connectivity index (χ2n) is 2.44. The average molecular weight is 183 g/mol. The smallest absolute Gasteiger partial charge is 0.163 e. The Bertz CT molecular complexity index is 306. The van der Waals surface area contributed by atoms with Gasteiger partial charge in [0.15, 0.2) is 5.78 Å². The number of carbonyl (C=O) groups excluding carboxylic acids is 1. The number of ether oxygens (including phenoxy) is 1. The average Bonchev–Trinajstić information content (AvgIpc) is 2.03. The fourth-order valence-corrected chi connectivity index (χ4v) is 0.936. The highest BCUT2D eigenvalue weighted by atomic mass is 16.5. The Kier molecular flexibility index (Phi) is 3.94. The minimum atomic E-state index is -0.157. The van der Waals surface area contributed by atoms with Crippen LogP contribution in [0.2, 0.25) is 0 Å². The van der Waals surface area contributed by atoms with E-state index >= 15 is 0 Å². The Labute approximate surface area is 76.1 Å². The fraction of sp³-hybridized carbons (Fsp3) is 0.222. The van der Waals surface area contributed by atoms with Crippen molar-refractivity contribution in [1.29, 1.82) is 0 Å². The van der Waals surface area contributed by atoms with Crippen molar-refractivity contribution in [3.63, 3.8) is 0 Å². The van der Waals surface area contributed by atoms with Crippen LogP contribution in [-0.4, -0.2) is 23.5 Å². The van der Waals surface area contributed by atoms with Crippen molar-refractivity contribution in [3.8, 4) is 11.5 Å². The van der Waals surface area contributed by atoms with E-state index in [4.69, 9.17) is 4.74 Å². The molecule has 0 bridgehead atoms. The third-order valence-electron chi connectivity index (χ3n) is 1.58. The van der Waals surface area contributed by atoms with Gasteiger partial charge < -0.3 is 9.84 Å². The molecular weight excluding hydrogens is 172 g/mol. The lowest BCUT2D eigenvalue weighted by molar-refractivity contribution is 0.101. The van der Waals surface area contributed by atoms with Gasteiger partial charge in [0.1, 0.15) is 11.5 Å². The highest BCUT2D eigenvalue weighted by molar-refractivity contribution is 5.96. The number of methoxy groups -OCH3 is 1.